The van der Waals surface area contributed by atoms with E-state index in [4.69, 9.17) is 30.0 Å². The molecule has 0 aromatic heterocycles. The van der Waals surface area contributed by atoms with Gasteiger partial charge in [-0.25, -0.2) is 0 Å². The van der Waals surface area contributed by atoms with Gasteiger partial charge in [-0.15, -0.1) is 0 Å². The van der Waals surface area contributed by atoms with Gasteiger partial charge in [0, 0.05) is 63.1 Å². The molecule has 2 aromatic carbocycles. The fourth-order valence-electron chi connectivity index (χ4n) is 5.08. The minimum atomic E-state index is -0.0302. The molecule has 0 radical (unpaired) electrons. The first-order chi connectivity index (χ1) is 19.7. The van der Waals surface area contributed by atoms with Gasteiger partial charge in [-0.1, -0.05) is 73.5 Å². The molecule has 6 heteroatoms. The van der Waals surface area contributed by atoms with Crippen LogP contribution >= 0.6 is 0 Å². The molecule has 0 fully saturated rings. The van der Waals surface area contributed by atoms with Crippen LogP contribution in [0.2, 0.25) is 0 Å². The third-order valence-electron chi connectivity index (χ3n) is 7.38. The largest absolute Gasteiger partial charge is 0.296 e. The summed E-state index contributed by atoms with van der Waals surface area (Å²) in [5.74, 6) is -0.0605. The Labute approximate surface area is 240 Å². The molecule has 2 aromatic rings. The Kier molecular flexibility index (Phi) is 12.2. The molecule has 0 spiro atoms. The standard InChI is InChI=1S/C34H44N6/c1-27-31-25-35-19-13-20-36-26-32(28(2)38-24-14-23-37-27)34(30-17-9-6-10-18-30)40-22-12-4-3-11-21-39-33(31)29-15-7-5-8-16-29/h5-10,15-18,25-26,31-32H,3-4,11-14,19-24H2,1-2H3. The maximum Gasteiger partial charge on any atom is 0.0739 e. The molecule has 210 valence electrons. The zero-order chi connectivity index (χ0) is 27.8. The Morgan fingerprint density at radius 1 is 0.450 bits per heavy atom. The quantitative estimate of drug-likeness (QED) is 0.413. The summed E-state index contributed by atoms with van der Waals surface area (Å²) in [6.45, 7) is 8.77. The Bertz CT molecular complexity index is 1130. The zero-order valence-electron chi connectivity index (χ0n) is 24.3. The van der Waals surface area contributed by atoms with E-state index in [2.05, 4.69) is 86.9 Å². The number of rotatable bonds is 2. The van der Waals surface area contributed by atoms with Gasteiger partial charge >= 0.3 is 0 Å². The normalized spacial score (nSPS) is 22.4. The summed E-state index contributed by atoms with van der Waals surface area (Å²) in [6.07, 6.45) is 10.3. The van der Waals surface area contributed by atoms with E-state index in [1.165, 1.54) is 0 Å². The Morgan fingerprint density at radius 2 is 0.850 bits per heavy atom. The molecule has 3 heterocycles. The molecule has 0 amide bonds. The average molecular weight is 537 g/mol. The van der Waals surface area contributed by atoms with Crippen molar-refractivity contribution in [2.45, 2.75) is 52.4 Å². The van der Waals surface area contributed by atoms with Gasteiger partial charge in [-0.3, -0.25) is 30.0 Å². The fourth-order valence-corrected chi connectivity index (χ4v) is 5.08. The lowest BCUT2D eigenvalue weighted by Gasteiger charge is -2.17. The van der Waals surface area contributed by atoms with Crippen molar-refractivity contribution in [2.24, 2.45) is 41.8 Å². The molecule has 2 bridgehead atoms. The zero-order valence-corrected chi connectivity index (χ0v) is 24.3. The van der Waals surface area contributed by atoms with Crippen molar-refractivity contribution in [1.29, 1.82) is 0 Å². The first-order valence-electron chi connectivity index (χ1n) is 15.0. The Balaban J connectivity index is 1.72. The van der Waals surface area contributed by atoms with Gasteiger partial charge in [0.15, 0.2) is 0 Å². The number of benzene rings is 2. The molecule has 2 unspecified atom stereocenters. The van der Waals surface area contributed by atoms with Crippen LogP contribution in [0.15, 0.2) is 90.6 Å². The average Bonchev–Trinajstić information content (AvgIpc) is 2.98. The maximum atomic E-state index is 5.16. The minimum absolute atomic E-state index is 0.0302. The van der Waals surface area contributed by atoms with E-state index in [1.54, 1.807) is 0 Å². The van der Waals surface area contributed by atoms with Crippen molar-refractivity contribution >= 4 is 35.3 Å². The minimum Gasteiger partial charge on any atom is -0.296 e. The molecule has 40 heavy (non-hydrogen) atoms. The summed E-state index contributed by atoms with van der Waals surface area (Å²) in [5.41, 5.74) is 6.55. The fraction of sp³-hybridized carbons (Fsp3) is 0.471. The third-order valence-corrected chi connectivity index (χ3v) is 7.38. The van der Waals surface area contributed by atoms with Gasteiger partial charge in [-0.2, -0.15) is 0 Å². The van der Waals surface area contributed by atoms with E-state index < -0.39 is 0 Å². The van der Waals surface area contributed by atoms with Gasteiger partial charge in [-0.05, 0) is 50.7 Å². The van der Waals surface area contributed by atoms with Crippen molar-refractivity contribution < 1.29 is 0 Å². The van der Waals surface area contributed by atoms with Crippen LogP contribution in [0.5, 0.6) is 0 Å². The third kappa shape index (κ3) is 9.00. The first-order valence-corrected chi connectivity index (χ1v) is 15.0. The van der Waals surface area contributed by atoms with Crippen LogP contribution in [-0.4, -0.2) is 74.5 Å². The summed E-state index contributed by atoms with van der Waals surface area (Å²) in [6, 6.07) is 21.1. The molecule has 3 aliphatic rings. The lowest BCUT2D eigenvalue weighted by molar-refractivity contribution is 0.653. The second-order valence-electron chi connectivity index (χ2n) is 10.5. The van der Waals surface area contributed by atoms with Gasteiger partial charge in [0.2, 0.25) is 0 Å². The van der Waals surface area contributed by atoms with E-state index in [-0.39, 0.29) is 11.8 Å². The molecule has 3 aliphatic heterocycles. The van der Waals surface area contributed by atoms with Crippen LogP contribution in [0.3, 0.4) is 0 Å². The monoisotopic (exact) mass is 536 g/mol. The van der Waals surface area contributed by atoms with Crippen LogP contribution in [0, 0.1) is 11.8 Å². The highest BCUT2D eigenvalue weighted by molar-refractivity contribution is 6.24. The molecule has 5 rings (SSSR count). The predicted octanol–water partition coefficient (Wildman–Crippen LogP) is 6.63. The van der Waals surface area contributed by atoms with E-state index in [9.17, 15) is 0 Å². The summed E-state index contributed by atoms with van der Waals surface area (Å²) >= 11 is 0. The lowest BCUT2D eigenvalue weighted by Crippen LogP contribution is -2.26. The van der Waals surface area contributed by atoms with Crippen LogP contribution in [0.25, 0.3) is 0 Å². The number of nitrogens with zero attached hydrogens (tertiary/aromatic N) is 6. The van der Waals surface area contributed by atoms with E-state index in [1.807, 2.05) is 0 Å². The molecule has 0 saturated heterocycles. The summed E-state index contributed by atoms with van der Waals surface area (Å²) < 4.78 is 0. The van der Waals surface area contributed by atoms with E-state index in [0.29, 0.717) is 0 Å². The smallest absolute Gasteiger partial charge is 0.0739 e. The molecule has 0 saturated carbocycles. The molecule has 6 nitrogen and oxygen atoms in total. The topological polar surface area (TPSA) is 74.2 Å². The summed E-state index contributed by atoms with van der Waals surface area (Å²) in [4.78, 5) is 30.0. The molecule has 0 N–H and O–H groups in total. The molecule has 0 aliphatic carbocycles. The van der Waals surface area contributed by atoms with Gasteiger partial charge in [0.25, 0.3) is 0 Å². The lowest BCUT2D eigenvalue weighted by atomic mass is 9.93. The highest BCUT2D eigenvalue weighted by Gasteiger charge is 2.21. The van der Waals surface area contributed by atoms with Gasteiger partial charge < -0.3 is 0 Å². The summed E-state index contributed by atoms with van der Waals surface area (Å²) in [5, 5.41) is 0. The number of aliphatic imine (C=N–C) groups is 6. The van der Waals surface area contributed by atoms with E-state index in [0.717, 1.165) is 112 Å². The number of fused-ring (bicyclic) bond motifs is 15. The van der Waals surface area contributed by atoms with Crippen molar-refractivity contribution in [3.8, 4) is 0 Å². The highest BCUT2D eigenvalue weighted by atomic mass is 14.8. The Morgan fingerprint density at radius 3 is 1.30 bits per heavy atom. The maximum absolute atomic E-state index is 5.16. The first kappa shape index (κ1) is 29.4. The van der Waals surface area contributed by atoms with Gasteiger partial charge in [0.05, 0.1) is 23.3 Å². The van der Waals surface area contributed by atoms with Crippen LogP contribution in [-0.2, 0) is 0 Å². The summed E-state index contributed by atoms with van der Waals surface area (Å²) in [7, 11) is 0. The van der Waals surface area contributed by atoms with Crippen molar-refractivity contribution in [3.05, 3.63) is 71.8 Å². The second-order valence-corrected chi connectivity index (χ2v) is 10.5. The van der Waals surface area contributed by atoms with Crippen molar-refractivity contribution in [1.82, 2.24) is 0 Å². The van der Waals surface area contributed by atoms with Crippen LogP contribution < -0.4 is 0 Å². The second kappa shape index (κ2) is 16.5. The highest BCUT2D eigenvalue weighted by Crippen LogP contribution is 2.16. The van der Waals surface area contributed by atoms with Crippen LogP contribution in [0.1, 0.15) is 63.5 Å². The SMILES string of the molecule is CC1=NCCCN=C(C)C2C=NCCCN=CC1C(c1ccccc1)=NCCCCCCN=C2c1ccccc1. The van der Waals surface area contributed by atoms with Crippen molar-refractivity contribution in [2.75, 3.05) is 39.3 Å². The molecule has 2 atom stereocenters. The molecular formula is C34H44N6. The van der Waals surface area contributed by atoms with E-state index >= 15 is 0 Å². The van der Waals surface area contributed by atoms with Crippen molar-refractivity contribution in [3.63, 3.8) is 0 Å². The Hall–Kier alpha value is -3.54. The molecular weight excluding hydrogens is 492 g/mol. The number of hydrogen-bond donors (Lipinski definition) is 0. The predicted molar refractivity (Wildman–Crippen MR) is 173 cm³/mol. The van der Waals surface area contributed by atoms with Gasteiger partial charge in [0.1, 0.15) is 0 Å². The van der Waals surface area contributed by atoms with Crippen LogP contribution in [0.4, 0.5) is 0 Å². The number of hydrogen-bond acceptors (Lipinski definition) is 6.